The highest BCUT2D eigenvalue weighted by atomic mass is 32.2. The first-order valence-electron chi connectivity index (χ1n) is 4.39. The van der Waals surface area contributed by atoms with Gasteiger partial charge in [0.05, 0.1) is 5.75 Å². The Balaban J connectivity index is 2.26. The highest BCUT2D eigenvalue weighted by Gasteiger charge is 2.16. The van der Waals surface area contributed by atoms with Gasteiger partial charge in [-0.05, 0) is 30.5 Å². The van der Waals surface area contributed by atoms with Gasteiger partial charge in [0.1, 0.15) is 4.21 Å². The summed E-state index contributed by atoms with van der Waals surface area (Å²) in [6.07, 6.45) is 0. The average Bonchev–Trinajstić information content (AvgIpc) is 2.75. The zero-order valence-corrected chi connectivity index (χ0v) is 10.6. The van der Waals surface area contributed by atoms with Crippen molar-refractivity contribution in [3.05, 3.63) is 39.4 Å². The van der Waals surface area contributed by atoms with Crippen LogP contribution in [0.2, 0.25) is 0 Å². The van der Waals surface area contributed by atoms with Crippen molar-refractivity contribution in [1.29, 1.82) is 0 Å². The second-order valence-electron chi connectivity index (χ2n) is 3.20. The lowest BCUT2D eigenvalue weighted by molar-refractivity contribution is 0.597. The molecule has 2 rings (SSSR count). The molecule has 0 aromatic carbocycles. The van der Waals surface area contributed by atoms with E-state index in [-0.39, 0.29) is 5.75 Å². The summed E-state index contributed by atoms with van der Waals surface area (Å²) in [6.45, 7) is 1.98. The number of rotatable bonds is 3. The van der Waals surface area contributed by atoms with Crippen LogP contribution in [0.1, 0.15) is 9.75 Å². The Morgan fingerprint density at radius 2 is 2.07 bits per heavy atom. The lowest BCUT2D eigenvalue weighted by Crippen LogP contribution is -2.01. The molecule has 0 unspecified atom stereocenters. The molecule has 0 saturated heterocycles. The molecule has 2 heterocycles. The maximum atomic E-state index is 11.9. The van der Waals surface area contributed by atoms with Gasteiger partial charge in [-0.2, -0.15) is 0 Å². The Labute approximate surface area is 97.1 Å². The van der Waals surface area contributed by atoms with Gasteiger partial charge in [0, 0.05) is 9.75 Å². The standard InChI is InChI=1S/C10H10O2S3/c1-8-4-5-9(14-8)7-15(11,12)10-3-2-6-13-10/h2-6H,7H2,1H3. The van der Waals surface area contributed by atoms with Crippen molar-refractivity contribution < 1.29 is 8.42 Å². The monoisotopic (exact) mass is 258 g/mol. The summed E-state index contributed by atoms with van der Waals surface area (Å²) >= 11 is 2.81. The first-order chi connectivity index (χ1) is 7.08. The van der Waals surface area contributed by atoms with Crippen molar-refractivity contribution in [2.45, 2.75) is 16.9 Å². The summed E-state index contributed by atoms with van der Waals surface area (Å²) in [4.78, 5) is 2.05. The maximum absolute atomic E-state index is 11.9. The highest BCUT2D eigenvalue weighted by Crippen LogP contribution is 2.24. The molecule has 5 heteroatoms. The second-order valence-corrected chi connectivity index (χ2v) is 7.74. The molecule has 0 aliphatic heterocycles. The van der Waals surface area contributed by atoms with Crippen LogP contribution in [0.4, 0.5) is 0 Å². The number of hydrogen-bond donors (Lipinski definition) is 0. The molecule has 0 radical (unpaired) electrons. The number of sulfone groups is 1. The van der Waals surface area contributed by atoms with Crippen LogP contribution >= 0.6 is 22.7 Å². The van der Waals surface area contributed by atoms with Crippen molar-refractivity contribution in [2.24, 2.45) is 0 Å². The van der Waals surface area contributed by atoms with Crippen LogP contribution in [0.3, 0.4) is 0 Å². The number of thiophene rings is 2. The van der Waals surface area contributed by atoms with Crippen LogP contribution in [0.5, 0.6) is 0 Å². The molecular weight excluding hydrogens is 248 g/mol. The summed E-state index contributed by atoms with van der Waals surface area (Å²) in [7, 11) is -3.13. The Morgan fingerprint density at radius 1 is 1.27 bits per heavy atom. The van der Waals surface area contributed by atoms with E-state index in [0.29, 0.717) is 4.21 Å². The van der Waals surface area contributed by atoms with Crippen molar-refractivity contribution in [2.75, 3.05) is 0 Å². The molecule has 0 aliphatic carbocycles. The van der Waals surface area contributed by atoms with Crippen LogP contribution in [0.25, 0.3) is 0 Å². The van der Waals surface area contributed by atoms with Crippen LogP contribution in [-0.4, -0.2) is 8.42 Å². The van der Waals surface area contributed by atoms with Crippen molar-refractivity contribution in [3.63, 3.8) is 0 Å². The Hall–Kier alpha value is -0.650. The van der Waals surface area contributed by atoms with Gasteiger partial charge in [-0.25, -0.2) is 8.42 Å². The highest BCUT2D eigenvalue weighted by molar-refractivity contribution is 7.92. The molecule has 0 saturated carbocycles. The molecule has 0 spiro atoms. The first kappa shape index (κ1) is 10.9. The minimum absolute atomic E-state index is 0.117. The molecular formula is C10H10O2S3. The molecule has 80 valence electrons. The Morgan fingerprint density at radius 3 is 2.60 bits per heavy atom. The normalized spacial score (nSPS) is 11.8. The van der Waals surface area contributed by atoms with E-state index in [4.69, 9.17) is 0 Å². The molecule has 0 bridgehead atoms. The lowest BCUT2D eigenvalue weighted by atomic mass is 10.5. The zero-order chi connectivity index (χ0) is 10.9. The summed E-state index contributed by atoms with van der Waals surface area (Å²) in [5.41, 5.74) is 0. The van der Waals surface area contributed by atoms with E-state index in [1.807, 2.05) is 19.1 Å². The summed E-state index contributed by atoms with van der Waals surface area (Å²) in [5.74, 6) is 0.117. The molecule has 0 N–H and O–H groups in total. The van der Waals surface area contributed by atoms with Gasteiger partial charge in [0.2, 0.25) is 0 Å². The van der Waals surface area contributed by atoms with Crippen molar-refractivity contribution >= 4 is 32.5 Å². The zero-order valence-electron chi connectivity index (χ0n) is 8.14. The number of aryl methyl sites for hydroxylation is 1. The van der Waals surface area contributed by atoms with Gasteiger partial charge in [0.25, 0.3) is 0 Å². The second kappa shape index (κ2) is 4.08. The Bertz CT molecular complexity index is 535. The molecule has 15 heavy (non-hydrogen) atoms. The molecule has 2 aromatic heterocycles. The third-order valence-corrected chi connectivity index (χ3v) is 6.27. The lowest BCUT2D eigenvalue weighted by Gasteiger charge is -1.98. The summed E-state index contributed by atoms with van der Waals surface area (Å²) in [6, 6.07) is 7.24. The fraction of sp³-hybridized carbons (Fsp3) is 0.200. The fourth-order valence-corrected chi connectivity index (χ4v) is 4.93. The van der Waals surface area contributed by atoms with Crippen molar-refractivity contribution in [3.8, 4) is 0 Å². The van der Waals surface area contributed by atoms with E-state index in [2.05, 4.69) is 0 Å². The Kier molecular flexibility index (Phi) is 2.95. The minimum Gasteiger partial charge on any atom is -0.222 e. The maximum Gasteiger partial charge on any atom is 0.192 e. The van der Waals surface area contributed by atoms with Gasteiger partial charge < -0.3 is 0 Å². The molecule has 0 fully saturated rings. The number of hydrogen-bond acceptors (Lipinski definition) is 4. The third-order valence-electron chi connectivity index (χ3n) is 1.93. The molecule has 2 aromatic rings. The van der Waals surface area contributed by atoms with E-state index < -0.39 is 9.84 Å². The smallest absolute Gasteiger partial charge is 0.192 e. The minimum atomic E-state index is -3.13. The van der Waals surface area contributed by atoms with E-state index in [1.165, 1.54) is 22.7 Å². The molecule has 2 nitrogen and oxygen atoms in total. The van der Waals surface area contributed by atoms with Gasteiger partial charge in [-0.1, -0.05) is 6.07 Å². The topological polar surface area (TPSA) is 34.1 Å². The van der Waals surface area contributed by atoms with Crippen LogP contribution in [0.15, 0.2) is 33.9 Å². The van der Waals surface area contributed by atoms with Gasteiger partial charge >= 0.3 is 0 Å². The summed E-state index contributed by atoms with van der Waals surface area (Å²) in [5, 5.41) is 1.78. The molecule has 0 aliphatic rings. The predicted molar refractivity (Wildman–Crippen MR) is 64.3 cm³/mol. The van der Waals surface area contributed by atoms with Crippen molar-refractivity contribution in [1.82, 2.24) is 0 Å². The fourth-order valence-electron chi connectivity index (χ4n) is 1.26. The summed E-state index contributed by atoms with van der Waals surface area (Å²) < 4.78 is 24.2. The predicted octanol–water partition coefficient (Wildman–Crippen LogP) is 3.09. The van der Waals surface area contributed by atoms with E-state index in [1.54, 1.807) is 17.5 Å². The van der Waals surface area contributed by atoms with Gasteiger partial charge in [-0.15, -0.1) is 22.7 Å². The molecule has 0 atom stereocenters. The van der Waals surface area contributed by atoms with E-state index in [0.717, 1.165) is 9.75 Å². The van der Waals surface area contributed by atoms with Gasteiger partial charge in [-0.3, -0.25) is 0 Å². The van der Waals surface area contributed by atoms with Crippen LogP contribution in [0, 0.1) is 6.92 Å². The molecule has 0 amide bonds. The average molecular weight is 258 g/mol. The largest absolute Gasteiger partial charge is 0.222 e. The van der Waals surface area contributed by atoms with Crippen LogP contribution < -0.4 is 0 Å². The van der Waals surface area contributed by atoms with E-state index in [9.17, 15) is 8.42 Å². The SMILES string of the molecule is Cc1ccc(CS(=O)(=O)c2cccs2)s1. The quantitative estimate of drug-likeness (QED) is 0.848. The first-order valence-corrected chi connectivity index (χ1v) is 7.74. The van der Waals surface area contributed by atoms with E-state index >= 15 is 0 Å². The third kappa shape index (κ3) is 2.48. The van der Waals surface area contributed by atoms with Crippen LogP contribution in [-0.2, 0) is 15.6 Å². The van der Waals surface area contributed by atoms with Gasteiger partial charge in [0.15, 0.2) is 9.84 Å².